The first-order valence-electron chi connectivity index (χ1n) is 5.87. The molecule has 98 valence electrons. The van der Waals surface area contributed by atoms with Crippen LogP contribution in [0.3, 0.4) is 0 Å². The molecule has 1 aliphatic heterocycles. The van der Waals surface area contributed by atoms with Gasteiger partial charge in [-0.2, -0.15) is 0 Å². The first-order chi connectivity index (χ1) is 8.56. The van der Waals surface area contributed by atoms with Gasteiger partial charge in [0.2, 0.25) is 0 Å². The van der Waals surface area contributed by atoms with Crippen LogP contribution in [-0.4, -0.2) is 29.9 Å². The number of carboxylic acids is 1. The lowest BCUT2D eigenvalue weighted by molar-refractivity contribution is 0.0256. The molecule has 0 saturated carbocycles. The van der Waals surface area contributed by atoms with Crippen LogP contribution in [0.4, 0.5) is 4.39 Å². The lowest BCUT2D eigenvalue weighted by Crippen LogP contribution is -2.18. The Balaban J connectivity index is 1.95. The topological polar surface area (TPSA) is 55.8 Å². The monoisotopic (exact) mass is 254 g/mol. The molecule has 0 aromatic heterocycles. The van der Waals surface area contributed by atoms with Gasteiger partial charge in [0.05, 0.1) is 17.8 Å². The lowest BCUT2D eigenvalue weighted by Gasteiger charge is -2.13. The van der Waals surface area contributed by atoms with Gasteiger partial charge in [-0.25, -0.2) is 9.18 Å². The van der Waals surface area contributed by atoms with Crippen LogP contribution in [0.25, 0.3) is 0 Å². The molecule has 1 N–H and O–H groups in total. The summed E-state index contributed by atoms with van der Waals surface area (Å²) in [7, 11) is 0. The molecule has 1 heterocycles. The quantitative estimate of drug-likeness (QED) is 0.896. The Morgan fingerprint density at radius 3 is 2.89 bits per heavy atom. The third-order valence-electron chi connectivity index (χ3n) is 2.92. The van der Waals surface area contributed by atoms with Gasteiger partial charge in [0.1, 0.15) is 6.61 Å². The van der Waals surface area contributed by atoms with E-state index in [1.165, 1.54) is 12.1 Å². The molecule has 1 aromatic carbocycles. The second-order valence-electron chi connectivity index (χ2n) is 4.41. The number of hydrogen-bond acceptors (Lipinski definition) is 3. The van der Waals surface area contributed by atoms with Crippen molar-refractivity contribution in [2.45, 2.75) is 32.0 Å². The number of ether oxygens (including phenoxy) is 2. The van der Waals surface area contributed by atoms with E-state index in [0.717, 1.165) is 18.9 Å². The fourth-order valence-electron chi connectivity index (χ4n) is 1.94. The van der Waals surface area contributed by atoms with Gasteiger partial charge >= 0.3 is 5.97 Å². The summed E-state index contributed by atoms with van der Waals surface area (Å²) in [4.78, 5) is 10.6. The van der Waals surface area contributed by atoms with E-state index in [-0.39, 0.29) is 30.1 Å². The molecular weight excluding hydrogens is 239 g/mol. The minimum absolute atomic E-state index is 0.0152. The number of benzene rings is 1. The van der Waals surface area contributed by atoms with E-state index in [2.05, 4.69) is 0 Å². The van der Waals surface area contributed by atoms with Crippen LogP contribution < -0.4 is 4.74 Å². The first-order valence-corrected chi connectivity index (χ1v) is 5.87. The number of halogens is 1. The first kappa shape index (κ1) is 12.8. The Bertz CT molecular complexity index is 447. The Kier molecular flexibility index (Phi) is 3.81. The van der Waals surface area contributed by atoms with Crippen molar-refractivity contribution in [1.82, 2.24) is 0 Å². The number of hydrogen-bond donors (Lipinski definition) is 1. The minimum Gasteiger partial charge on any atom is -0.488 e. The van der Waals surface area contributed by atoms with Gasteiger partial charge in [-0.05, 0) is 38.0 Å². The van der Waals surface area contributed by atoms with Crippen LogP contribution in [0.15, 0.2) is 18.2 Å². The van der Waals surface area contributed by atoms with Crippen LogP contribution in [0.5, 0.6) is 5.75 Å². The van der Waals surface area contributed by atoms with Crippen LogP contribution in [-0.2, 0) is 4.74 Å². The molecule has 0 amide bonds. The Labute approximate surface area is 104 Å². The average Bonchev–Trinajstić information content (AvgIpc) is 2.73. The fraction of sp³-hybridized carbons (Fsp3) is 0.462. The van der Waals surface area contributed by atoms with Crippen molar-refractivity contribution < 1.29 is 23.8 Å². The maximum Gasteiger partial charge on any atom is 0.335 e. The van der Waals surface area contributed by atoms with Gasteiger partial charge in [-0.3, -0.25) is 0 Å². The highest BCUT2D eigenvalue weighted by atomic mass is 19.1. The summed E-state index contributed by atoms with van der Waals surface area (Å²) in [6.07, 6.45) is 2.08. The standard InChI is InChI=1S/C13H15FO4/c1-8-2-4-10(18-8)7-17-12-5-3-9(13(15)16)6-11(12)14/h3,5-6,8,10H,2,4,7H2,1H3,(H,15,16). The van der Waals surface area contributed by atoms with E-state index in [0.29, 0.717) is 0 Å². The molecule has 2 atom stereocenters. The van der Waals surface area contributed by atoms with Crippen molar-refractivity contribution >= 4 is 5.97 Å². The van der Waals surface area contributed by atoms with Crippen LogP contribution in [0, 0.1) is 5.82 Å². The van der Waals surface area contributed by atoms with E-state index >= 15 is 0 Å². The molecule has 0 aliphatic carbocycles. The second kappa shape index (κ2) is 5.35. The summed E-state index contributed by atoms with van der Waals surface area (Å²) in [5, 5.41) is 8.70. The molecule has 5 heteroatoms. The third-order valence-corrected chi connectivity index (χ3v) is 2.92. The fourth-order valence-corrected chi connectivity index (χ4v) is 1.94. The second-order valence-corrected chi connectivity index (χ2v) is 4.41. The maximum absolute atomic E-state index is 13.5. The zero-order chi connectivity index (χ0) is 13.1. The highest BCUT2D eigenvalue weighted by molar-refractivity contribution is 5.87. The van der Waals surface area contributed by atoms with Gasteiger partial charge in [0.15, 0.2) is 11.6 Å². The predicted molar refractivity (Wildman–Crippen MR) is 62.4 cm³/mol. The van der Waals surface area contributed by atoms with Crippen molar-refractivity contribution in [3.8, 4) is 5.75 Å². The maximum atomic E-state index is 13.5. The number of aromatic carboxylic acids is 1. The van der Waals surface area contributed by atoms with E-state index in [1.54, 1.807) is 0 Å². The number of carboxylic acid groups (broad SMARTS) is 1. The summed E-state index contributed by atoms with van der Waals surface area (Å²) < 4.78 is 24.4. The molecule has 0 radical (unpaired) electrons. The SMILES string of the molecule is CC1CCC(COc2ccc(C(=O)O)cc2F)O1. The Morgan fingerprint density at radius 1 is 1.56 bits per heavy atom. The molecule has 1 fully saturated rings. The Hall–Kier alpha value is -1.62. The van der Waals surface area contributed by atoms with Gasteiger partial charge < -0.3 is 14.6 Å². The van der Waals surface area contributed by atoms with Crippen molar-refractivity contribution in [1.29, 1.82) is 0 Å². The summed E-state index contributed by atoms with van der Waals surface area (Å²) in [5.41, 5.74) is -0.0920. The van der Waals surface area contributed by atoms with Gasteiger partial charge in [0.25, 0.3) is 0 Å². The van der Waals surface area contributed by atoms with E-state index in [1.807, 2.05) is 6.92 Å². The van der Waals surface area contributed by atoms with Gasteiger partial charge in [-0.1, -0.05) is 0 Å². The third kappa shape index (κ3) is 2.98. The molecule has 2 rings (SSSR count). The minimum atomic E-state index is -1.16. The van der Waals surface area contributed by atoms with Crippen molar-refractivity contribution in [2.24, 2.45) is 0 Å². The van der Waals surface area contributed by atoms with E-state index < -0.39 is 11.8 Å². The predicted octanol–water partition coefficient (Wildman–Crippen LogP) is 2.47. The van der Waals surface area contributed by atoms with E-state index in [4.69, 9.17) is 14.6 Å². The number of carbonyl (C=O) groups is 1. The molecule has 2 unspecified atom stereocenters. The zero-order valence-corrected chi connectivity index (χ0v) is 10.1. The average molecular weight is 254 g/mol. The van der Waals surface area contributed by atoms with Crippen LogP contribution in [0.1, 0.15) is 30.1 Å². The molecule has 0 bridgehead atoms. The summed E-state index contributed by atoms with van der Waals surface area (Å²) in [5.74, 6) is -1.77. The van der Waals surface area contributed by atoms with Crippen molar-refractivity contribution in [3.63, 3.8) is 0 Å². The molecule has 0 spiro atoms. The lowest BCUT2D eigenvalue weighted by atomic mass is 10.2. The highest BCUT2D eigenvalue weighted by Crippen LogP contribution is 2.22. The molecule has 1 saturated heterocycles. The summed E-state index contributed by atoms with van der Waals surface area (Å²) >= 11 is 0. The van der Waals surface area contributed by atoms with Gasteiger partial charge in [-0.15, -0.1) is 0 Å². The molecule has 4 nitrogen and oxygen atoms in total. The number of rotatable bonds is 4. The van der Waals surface area contributed by atoms with Crippen molar-refractivity contribution in [3.05, 3.63) is 29.6 Å². The smallest absolute Gasteiger partial charge is 0.335 e. The van der Waals surface area contributed by atoms with Gasteiger partial charge in [0, 0.05) is 0 Å². The Morgan fingerprint density at radius 2 is 2.33 bits per heavy atom. The molecule has 1 aromatic rings. The van der Waals surface area contributed by atoms with E-state index in [9.17, 15) is 9.18 Å². The highest BCUT2D eigenvalue weighted by Gasteiger charge is 2.22. The largest absolute Gasteiger partial charge is 0.488 e. The van der Waals surface area contributed by atoms with Crippen LogP contribution >= 0.6 is 0 Å². The molecular formula is C13H15FO4. The normalized spacial score (nSPS) is 23.0. The summed E-state index contributed by atoms with van der Waals surface area (Å²) in [6.45, 7) is 2.27. The van der Waals surface area contributed by atoms with Crippen LogP contribution in [0.2, 0.25) is 0 Å². The molecule has 1 aliphatic rings. The summed E-state index contributed by atoms with van der Waals surface area (Å²) in [6, 6.07) is 3.60. The van der Waals surface area contributed by atoms with Crippen molar-refractivity contribution in [2.75, 3.05) is 6.61 Å². The molecule has 18 heavy (non-hydrogen) atoms. The zero-order valence-electron chi connectivity index (χ0n) is 10.1.